The van der Waals surface area contributed by atoms with Crippen LogP contribution >= 0.6 is 0 Å². The van der Waals surface area contributed by atoms with Crippen molar-refractivity contribution in [1.29, 1.82) is 0 Å². The summed E-state index contributed by atoms with van der Waals surface area (Å²) < 4.78 is 4.40. The first-order valence-corrected chi connectivity index (χ1v) is 20.8. The molecule has 0 aliphatic carbocycles. The molecule has 0 saturated heterocycles. The number of nitrogens with one attached hydrogen (secondary N) is 2. The van der Waals surface area contributed by atoms with Crippen LogP contribution in [-0.2, 0) is 16.8 Å². The number of rotatable bonds is 10. The summed E-state index contributed by atoms with van der Waals surface area (Å²) >= 11 is 0. The number of hydrogen-bond acceptors (Lipinski definition) is 0. The van der Waals surface area contributed by atoms with E-state index in [1.54, 1.807) is 0 Å². The molecule has 1 aromatic heterocycles. The second kappa shape index (κ2) is 21.6. The molecule has 56 heavy (non-hydrogen) atoms. The molecule has 0 fully saturated rings. The van der Waals surface area contributed by atoms with Gasteiger partial charge in [-0.15, -0.1) is 11.4 Å². The van der Waals surface area contributed by atoms with Crippen LogP contribution in [0, 0.1) is 6.33 Å². The Morgan fingerprint density at radius 3 is 0.929 bits per heavy atom. The number of aromatic nitrogens is 2. The van der Waals surface area contributed by atoms with Gasteiger partial charge in [0.15, 0.2) is 0 Å². The summed E-state index contributed by atoms with van der Waals surface area (Å²) in [4.78, 5) is 0. The third-order valence-electron chi connectivity index (χ3n) is 10.5. The van der Waals surface area contributed by atoms with E-state index < -0.39 is 0 Å². The molecule has 1 heterocycles. The Balaban J connectivity index is 0.000000333. The largest absolute Gasteiger partial charge is 2.00 e. The quantitative estimate of drug-likeness (QED) is 0.0998. The summed E-state index contributed by atoms with van der Waals surface area (Å²) in [6.45, 7) is 35.2. The first kappa shape index (κ1) is 48.3. The van der Waals surface area contributed by atoms with Crippen LogP contribution in [0.5, 0.6) is 0 Å². The first-order valence-electron chi connectivity index (χ1n) is 20.8. The molecule has 0 spiro atoms. The molecule has 4 aromatic carbocycles. The molecule has 0 aliphatic rings. The van der Waals surface area contributed by atoms with Gasteiger partial charge < -0.3 is 11.5 Å². The Kier molecular flexibility index (Phi) is 18.7. The van der Waals surface area contributed by atoms with Crippen LogP contribution in [0.2, 0.25) is 0 Å². The van der Waals surface area contributed by atoms with Gasteiger partial charge in [0, 0.05) is 12.4 Å². The zero-order valence-corrected chi connectivity index (χ0v) is 38.5. The average molecular weight is 800 g/mol. The van der Waals surface area contributed by atoms with E-state index >= 15 is 0 Å². The molecule has 5 heteroatoms. The Hall–Kier alpha value is -3.80. The molecule has 0 amide bonds. The van der Waals surface area contributed by atoms with Crippen molar-refractivity contribution in [2.45, 2.75) is 158 Å². The average Bonchev–Trinajstić information content (AvgIpc) is 3.61. The van der Waals surface area contributed by atoms with E-state index in [2.05, 4.69) is 211 Å². The van der Waals surface area contributed by atoms with Crippen molar-refractivity contribution in [1.82, 2.24) is 4.57 Å². The Labute approximate surface area is 352 Å². The summed E-state index contributed by atoms with van der Waals surface area (Å²) in [5, 5.41) is 0. The standard InChI is InChI=1S/C27H36N2.2C12H18N.Co/c1-18(2)22-11-9-12-23(19(3)4)26(22)28-15-16-29(17-28)27-24(20(5)6)13-10-14-25(27)21(7)8;2*1-8(2)10-6-5-7-11(9(3)4)12(10)13;/h9-16,18-21H,1-8H3;2*5-9,13H,1-4H3;/q;2*-1;+2. The van der Waals surface area contributed by atoms with E-state index in [0.29, 0.717) is 47.3 Å². The van der Waals surface area contributed by atoms with E-state index in [-0.39, 0.29) is 16.8 Å². The zero-order chi connectivity index (χ0) is 41.3. The summed E-state index contributed by atoms with van der Waals surface area (Å²) in [6.07, 6.45) is 7.98. The minimum atomic E-state index is 0. The molecule has 1 radical (unpaired) electrons. The van der Waals surface area contributed by atoms with E-state index in [0.717, 1.165) is 33.6 Å². The second-order valence-electron chi connectivity index (χ2n) is 17.6. The topological polar surface area (TPSA) is 56.4 Å². The molecule has 5 aromatic rings. The fourth-order valence-corrected chi connectivity index (χ4v) is 7.25. The molecule has 0 unspecified atom stereocenters. The third-order valence-corrected chi connectivity index (χ3v) is 10.5. The summed E-state index contributed by atoms with van der Waals surface area (Å²) in [6, 6.07) is 25.7. The minimum Gasteiger partial charge on any atom is -0.698 e. The predicted molar refractivity (Wildman–Crippen MR) is 240 cm³/mol. The Morgan fingerprint density at radius 2 is 0.661 bits per heavy atom. The third kappa shape index (κ3) is 11.9. The minimum absolute atomic E-state index is 0. The van der Waals surface area contributed by atoms with Crippen LogP contribution in [0.25, 0.3) is 22.8 Å². The van der Waals surface area contributed by atoms with Gasteiger partial charge in [-0.2, -0.15) is 0 Å². The molecule has 5 rings (SSSR count). The van der Waals surface area contributed by atoms with Crippen molar-refractivity contribution in [2.75, 3.05) is 0 Å². The number of benzene rings is 4. The predicted octanol–water partition coefficient (Wildman–Crippen LogP) is 16.3. The van der Waals surface area contributed by atoms with Crippen LogP contribution < -0.4 is 4.57 Å². The maximum atomic E-state index is 8.01. The van der Waals surface area contributed by atoms with Crippen molar-refractivity contribution in [3.05, 3.63) is 147 Å². The number of hydrogen-bond donors (Lipinski definition) is 0. The fraction of sp³-hybridized carbons (Fsp3) is 0.471. The summed E-state index contributed by atoms with van der Waals surface area (Å²) in [5.74, 6) is 3.64. The zero-order valence-electron chi connectivity index (χ0n) is 37.4. The van der Waals surface area contributed by atoms with Crippen LogP contribution in [0.1, 0.15) is 203 Å². The molecule has 2 N–H and O–H groups in total. The van der Waals surface area contributed by atoms with Gasteiger partial charge >= 0.3 is 16.8 Å². The monoisotopic (exact) mass is 800 g/mol. The van der Waals surface area contributed by atoms with Gasteiger partial charge in [-0.1, -0.05) is 206 Å². The van der Waals surface area contributed by atoms with Gasteiger partial charge in [0.25, 0.3) is 6.33 Å². The molecule has 4 nitrogen and oxygen atoms in total. The first-order chi connectivity index (χ1) is 25.8. The van der Waals surface area contributed by atoms with Crippen molar-refractivity contribution in [2.24, 2.45) is 0 Å². The normalized spacial score (nSPS) is 11.4. The maximum absolute atomic E-state index is 8.01. The fourth-order valence-electron chi connectivity index (χ4n) is 7.25. The van der Waals surface area contributed by atoms with E-state index in [9.17, 15) is 0 Å². The molecular weight excluding hydrogens is 728 g/mol. The van der Waals surface area contributed by atoms with Crippen molar-refractivity contribution >= 4 is 11.4 Å². The van der Waals surface area contributed by atoms with Gasteiger partial charge in [0.05, 0.1) is 11.4 Å². The Morgan fingerprint density at radius 1 is 0.411 bits per heavy atom. The Bertz CT molecular complexity index is 1710. The van der Waals surface area contributed by atoms with E-state index in [1.165, 1.54) is 33.6 Å². The molecule has 305 valence electrons. The van der Waals surface area contributed by atoms with Gasteiger partial charge in [-0.3, -0.25) is 9.13 Å². The van der Waals surface area contributed by atoms with Crippen molar-refractivity contribution < 1.29 is 21.3 Å². The molecule has 0 atom stereocenters. The van der Waals surface area contributed by atoms with E-state index in [1.807, 2.05) is 0 Å². The van der Waals surface area contributed by atoms with Gasteiger partial charge in [0.1, 0.15) is 0 Å². The number of nitrogens with zero attached hydrogens (tertiary/aromatic N) is 2. The van der Waals surface area contributed by atoms with Crippen LogP contribution in [0.3, 0.4) is 0 Å². The molecule has 0 bridgehead atoms. The molecule has 0 saturated carbocycles. The van der Waals surface area contributed by atoms with E-state index in [4.69, 9.17) is 11.5 Å². The smallest absolute Gasteiger partial charge is 0.698 e. The van der Waals surface area contributed by atoms with Gasteiger partial charge in [-0.25, -0.2) is 0 Å². The summed E-state index contributed by atoms with van der Waals surface area (Å²) in [7, 11) is 0. The second-order valence-corrected chi connectivity index (χ2v) is 17.6. The summed E-state index contributed by atoms with van der Waals surface area (Å²) in [5.41, 5.74) is 30.2. The number of para-hydroxylation sites is 2. The van der Waals surface area contributed by atoms with Crippen LogP contribution in [0.15, 0.2) is 85.2 Å². The maximum Gasteiger partial charge on any atom is 2.00 e. The van der Waals surface area contributed by atoms with Crippen molar-refractivity contribution in [3.8, 4) is 11.4 Å². The number of imidazole rings is 1. The van der Waals surface area contributed by atoms with Crippen LogP contribution in [0.4, 0.5) is 11.4 Å². The molecule has 0 aliphatic heterocycles. The van der Waals surface area contributed by atoms with Gasteiger partial charge in [-0.05, 0) is 69.6 Å². The van der Waals surface area contributed by atoms with Crippen LogP contribution in [-0.4, -0.2) is 4.57 Å². The van der Waals surface area contributed by atoms with Gasteiger partial charge in [0.2, 0.25) is 0 Å². The molecular formula is C51H72CoN4. The SMILES string of the molecule is CC(C)c1cccc(C(C)C)c1-n1[c-][n+](-c2c(C(C)C)cccc2C(C)C)cc1.CC(C)c1cccc(C(C)C)c1[NH-].CC(C)c1cccc(C(C)C)c1[NH-].[Co+2]. The van der Waals surface area contributed by atoms with Crippen molar-refractivity contribution in [3.63, 3.8) is 0 Å².